The highest BCUT2D eigenvalue weighted by atomic mass is 32.2. The number of piperidine rings is 1. The van der Waals surface area contributed by atoms with E-state index in [-0.39, 0.29) is 29.3 Å². The second kappa shape index (κ2) is 15.7. The SMILES string of the molecule is COCCCN1CCOc2ccc(CO[C@H]3CN(S(=O)(=O)c4ccc(C)cc4)[C@@H](C[C@@H](C)c4nnn[nH]4)C[C@@H]3c3ccc(OC)cc3)cc21. The first-order chi connectivity index (χ1) is 23.8. The maximum Gasteiger partial charge on any atom is 0.243 e. The summed E-state index contributed by atoms with van der Waals surface area (Å²) in [6.07, 6.45) is 1.59. The van der Waals surface area contributed by atoms with E-state index in [4.69, 9.17) is 18.9 Å². The average molecular weight is 691 g/mol. The number of methoxy groups -OCH3 is 2. The molecule has 3 aromatic carbocycles. The van der Waals surface area contributed by atoms with Crippen LogP contribution in [0.25, 0.3) is 0 Å². The van der Waals surface area contributed by atoms with E-state index >= 15 is 0 Å². The molecule has 1 fully saturated rings. The van der Waals surface area contributed by atoms with Gasteiger partial charge in [0.25, 0.3) is 0 Å². The second-order valence-electron chi connectivity index (χ2n) is 12.9. The van der Waals surface area contributed by atoms with Gasteiger partial charge in [-0.05, 0) is 84.1 Å². The predicted molar refractivity (Wildman–Crippen MR) is 186 cm³/mol. The Morgan fingerprint density at radius 1 is 1.06 bits per heavy atom. The Labute approximate surface area is 288 Å². The molecule has 0 amide bonds. The third-order valence-electron chi connectivity index (χ3n) is 9.59. The van der Waals surface area contributed by atoms with Crippen LogP contribution in [0, 0.1) is 6.92 Å². The number of aryl methyl sites for hydroxylation is 1. The Morgan fingerprint density at radius 3 is 2.57 bits per heavy atom. The van der Waals surface area contributed by atoms with Crippen molar-refractivity contribution in [1.29, 1.82) is 0 Å². The molecule has 3 heterocycles. The molecule has 4 aromatic rings. The lowest BCUT2D eigenvalue weighted by Crippen LogP contribution is -2.52. The van der Waals surface area contributed by atoms with Gasteiger partial charge in [-0.15, -0.1) is 5.10 Å². The number of aromatic nitrogens is 4. The molecule has 2 aliphatic heterocycles. The third kappa shape index (κ3) is 8.07. The highest BCUT2D eigenvalue weighted by Gasteiger charge is 2.43. The van der Waals surface area contributed by atoms with Crippen LogP contribution in [-0.4, -0.2) is 92.6 Å². The van der Waals surface area contributed by atoms with E-state index in [1.165, 1.54) is 0 Å². The molecule has 0 unspecified atom stereocenters. The molecule has 262 valence electrons. The van der Waals surface area contributed by atoms with Gasteiger partial charge in [-0.3, -0.25) is 0 Å². The molecule has 4 atom stereocenters. The smallest absolute Gasteiger partial charge is 0.243 e. The van der Waals surface area contributed by atoms with E-state index in [2.05, 4.69) is 43.7 Å². The minimum absolute atomic E-state index is 0.0769. The van der Waals surface area contributed by atoms with Crippen LogP contribution < -0.4 is 14.4 Å². The summed E-state index contributed by atoms with van der Waals surface area (Å²) in [6, 6.07) is 20.9. The summed E-state index contributed by atoms with van der Waals surface area (Å²) in [5.41, 5.74) is 4.10. The van der Waals surface area contributed by atoms with Gasteiger partial charge in [0.2, 0.25) is 10.0 Å². The van der Waals surface area contributed by atoms with Crippen molar-refractivity contribution in [3.63, 3.8) is 0 Å². The number of hydrogen-bond donors (Lipinski definition) is 1. The van der Waals surface area contributed by atoms with Gasteiger partial charge in [0.15, 0.2) is 5.82 Å². The largest absolute Gasteiger partial charge is 0.497 e. The summed E-state index contributed by atoms with van der Waals surface area (Å²) in [5, 5.41) is 14.5. The lowest BCUT2D eigenvalue weighted by atomic mass is 9.81. The van der Waals surface area contributed by atoms with E-state index in [1.54, 1.807) is 30.7 Å². The maximum absolute atomic E-state index is 14.4. The quantitative estimate of drug-likeness (QED) is 0.179. The van der Waals surface area contributed by atoms with Crippen LogP contribution >= 0.6 is 0 Å². The van der Waals surface area contributed by atoms with Crippen molar-refractivity contribution < 1.29 is 27.4 Å². The number of sulfonamides is 1. The van der Waals surface area contributed by atoms with Crippen molar-refractivity contribution in [1.82, 2.24) is 24.9 Å². The van der Waals surface area contributed by atoms with Crippen molar-refractivity contribution in [2.75, 3.05) is 52.0 Å². The summed E-state index contributed by atoms with van der Waals surface area (Å²) in [6.45, 7) is 7.48. The fraction of sp³-hybridized carbons (Fsp3) is 0.472. The Bertz CT molecular complexity index is 1750. The molecule has 0 bridgehead atoms. The first kappa shape index (κ1) is 34.8. The van der Waals surface area contributed by atoms with Crippen LogP contribution in [-0.2, 0) is 26.1 Å². The fourth-order valence-electron chi connectivity index (χ4n) is 6.88. The van der Waals surface area contributed by atoms with Gasteiger partial charge in [-0.1, -0.05) is 42.8 Å². The Balaban J connectivity index is 1.31. The average Bonchev–Trinajstić information content (AvgIpc) is 3.67. The first-order valence-electron chi connectivity index (χ1n) is 16.8. The Kier molecular flexibility index (Phi) is 11.1. The van der Waals surface area contributed by atoms with Crippen LogP contribution in [0.3, 0.4) is 0 Å². The lowest BCUT2D eigenvalue weighted by molar-refractivity contribution is -0.0215. The van der Waals surface area contributed by atoms with Crippen LogP contribution in [0.5, 0.6) is 11.5 Å². The van der Waals surface area contributed by atoms with E-state index in [0.29, 0.717) is 38.5 Å². The lowest BCUT2D eigenvalue weighted by Gasteiger charge is -2.44. The predicted octanol–water partition coefficient (Wildman–Crippen LogP) is 5.08. The molecule has 0 spiro atoms. The second-order valence-corrected chi connectivity index (χ2v) is 14.8. The summed E-state index contributed by atoms with van der Waals surface area (Å²) in [5.74, 6) is 2.06. The number of tetrazole rings is 1. The zero-order valence-electron chi connectivity index (χ0n) is 28.6. The first-order valence-corrected chi connectivity index (χ1v) is 18.3. The topological polar surface area (TPSA) is 132 Å². The standard InChI is InChI=1S/C36H46N6O6S/c1-25-6-13-31(14-7-25)49(43,44)42-23-35(48-24-27-8-15-34-33(21-27)41(17-19-47-34)16-5-18-45-3)32(28-9-11-30(46-4)12-10-28)22-29(42)20-26(2)36-37-39-40-38-36/h6-15,21,26,29,32,35H,5,16-20,22-24H2,1-4H3,(H,37,38,39,40)/t26-,29+,32-,35+/m1/s1. The van der Waals surface area contributed by atoms with Crippen LogP contribution in [0.4, 0.5) is 5.69 Å². The third-order valence-corrected chi connectivity index (χ3v) is 11.5. The molecule has 0 saturated carbocycles. The van der Waals surface area contributed by atoms with E-state index in [1.807, 2.05) is 50.2 Å². The number of fused-ring (bicyclic) bond motifs is 1. The molecule has 1 saturated heterocycles. The number of benzene rings is 3. The van der Waals surface area contributed by atoms with Gasteiger partial charge in [0.05, 0.1) is 36.9 Å². The molecule has 49 heavy (non-hydrogen) atoms. The molecule has 2 aliphatic rings. The highest BCUT2D eigenvalue weighted by Crippen LogP contribution is 2.41. The van der Waals surface area contributed by atoms with Crippen LogP contribution in [0.2, 0.25) is 0 Å². The summed E-state index contributed by atoms with van der Waals surface area (Å²) in [7, 11) is -0.501. The van der Waals surface area contributed by atoms with Crippen molar-refractivity contribution in [2.45, 2.75) is 68.6 Å². The summed E-state index contributed by atoms with van der Waals surface area (Å²) in [4.78, 5) is 2.59. The van der Waals surface area contributed by atoms with Gasteiger partial charge in [-0.2, -0.15) is 4.31 Å². The molecule has 1 aromatic heterocycles. The molecule has 6 rings (SSSR count). The zero-order chi connectivity index (χ0) is 34.4. The number of aromatic amines is 1. The van der Waals surface area contributed by atoms with Crippen molar-refractivity contribution in [3.8, 4) is 11.5 Å². The Hall–Kier alpha value is -4.04. The van der Waals surface area contributed by atoms with E-state index < -0.39 is 16.1 Å². The zero-order valence-corrected chi connectivity index (χ0v) is 29.4. The molecule has 12 nitrogen and oxygen atoms in total. The number of hydrogen-bond acceptors (Lipinski definition) is 10. The van der Waals surface area contributed by atoms with E-state index in [9.17, 15) is 8.42 Å². The molecule has 1 N–H and O–H groups in total. The van der Waals surface area contributed by atoms with Crippen LogP contribution in [0.1, 0.15) is 60.5 Å². The number of nitrogens with zero attached hydrogens (tertiary/aromatic N) is 5. The minimum atomic E-state index is -3.87. The number of anilines is 1. The van der Waals surface area contributed by atoms with Crippen molar-refractivity contribution in [2.24, 2.45) is 0 Å². The normalized spacial score (nSPS) is 20.4. The van der Waals surface area contributed by atoms with Gasteiger partial charge in [0.1, 0.15) is 18.1 Å². The molecule has 0 aliphatic carbocycles. The highest BCUT2D eigenvalue weighted by molar-refractivity contribution is 7.89. The Morgan fingerprint density at radius 2 is 1.86 bits per heavy atom. The number of rotatable bonds is 14. The number of H-pyrrole nitrogens is 1. The molecular weight excluding hydrogens is 644 g/mol. The van der Waals surface area contributed by atoms with Crippen LogP contribution in [0.15, 0.2) is 71.6 Å². The summed E-state index contributed by atoms with van der Waals surface area (Å²) >= 11 is 0. The van der Waals surface area contributed by atoms with Gasteiger partial charge < -0.3 is 23.8 Å². The fourth-order valence-corrected chi connectivity index (χ4v) is 8.54. The summed E-state index contributed by atoms with van der Waals surface area (Å²) < 4.78 is 53.9. The van der Waals surface area contributed by atoms with Crippen molar-refractivity contribution in [3.05, 3.63) is 89.2 Å². The number of nitrogens with one attached hydrogen (secondary N) is 1. The number of ether oxygens (including phenoxy) is 4. The minimum Gasteiger partial charge on any atom is -0.497 e. The van der Waals surface area contributed by atoms with Gasteiger partial charge in [-0.25, -0.2) is 13.5 Å². The molecule has 13 heteroatoms. The van der Waals surface area contributed by atoms with Gasteiger partial charge >= 0.3 is 0 Å². The van der Waals surface area contributed by atoms with Crippen molar-refractivity contribution >= 4 is 15.7 Å². The maximum atomic E-state index is 14.4. The molecular formula is C36H46N6O6S. The monoisotopic (exact) mass is 690 g/mol. The molecule has 0 radical (unpaired) electrons. The van der Waals surface area contributed by atoms with Gasteiger partial charge in [0, 0.05) is 44.7 Å². The van der Waals surface area contributed by atoms with E-state index in [0.717, 1.165) is 53.4 Å².